The fraction of sp³-hybridized carbons (Fsp3) is 0.625. The molecule has 20 heavy (non-hydrogen) atoms. The molecule has 3 nitrogen and oxygen atoms in total. The molecule has 2 rings (SSSR count). The van der Waals surface area contributed by atoms with E-state index in [9.17, 15) is 5.11 Å². The Hall–Kier alpha value is -0.610. The van der Waals surface area contributed by atoms with Crippen LogP contribution in [0.25, 0.3) is 0 Å². The molecule has 112 valence electrons. The highest BCUT2D eigenvalue weighted by Crippen LogP contribution is 2.15. The summed E-state index contributed by atoms with van der Waals surface area (Å²) in [6.45, 7) is 6.07. The molecule has 0 unspecified atom stereocenters. The molecule has 1 heterocycles. The quantitative estimate of drug-likeness (QED) is 0.876. The van der Waals surface area contributed by atoms with E-state index in [4.69, 9.17) is 16.3 Å². The molecule has 1 aliphatic heterocycles. The lowest BCUT2D eigenvalue weighted by Gasteiger charge is -2.32. The molecular formula is C16H24ClNO2. The molecule has 0 amide bonds. The van der Waals surface area contributed by atoms with Crippen LogP contribution < -0.4 is 0 Å². The van der Waals surface area contributed by atoms with Gasteiger partial charge < -0.3 is 14.7 Å². The van der Waals surface area contributed by atoms with Gasteiger partial charge in [0.25, 0.3) is 0 Å². The number of nitrogens with zero attached hydrogens (tertiary/aromatic N) is 1. The molecule has 0 bridgehead atoms. The highest BCUT2D eigenvalue weighted by atomic mass is 35.5. The second-order valence-electron chi connectivity index (χ2n) is 5.80. The fourth-order valence-electron chi connectivity index (χ4n) is 2.70. The second-order valence-corrected chi connectivity index (χ2v) is 6.24. The van der Waals surface area contributed by atoms with Crippen LogP contribution in [0.2, 0.25) is 5.02 Å². The van der Waals surface area contributed by atoms with Gasteiger partial charge in [-0.2, -0.15) is 0 Å². The van der Waals surface area contributed by atoms with E-state index in [-0.39, 0.29) is 0 Å². The molecule has 1 aromatic carbocycles. The number of hydrogen-bond donors (Lipinski definition) is 1. The summed E-state index contributed by atoms with van der Waals surface area (Å²) < 4.78 is 5.57. The predicted molar refractivity (Wildman–Crippen MR) is 82.0 cm³/mol. The summed E-state index contributed by atoms with van der Waals surface area (Å²) in [5, 5.41) is 10.8. The van der Waals surface area contributed by atoms with E-state index in [0.29, 0.717) is 19.8 Å². The van der Waals surface area contributed by atoms with Gasteiger partial charge in [0.05, 0.1) is 19.3 Å². The molecule has 4 heteroatoms. The van der Waals surface area contributed by atoms with Crippen molar-refractivity contribution in [3.8, 4) is 0 Å². The van der Waals surface area contributed by atoms with Crippen LogP contribution in [0.3, 0.4) is 0 Å². The van der Waals surface area contributed by atoms with Crippen molar-refractivity contribution in [2.75, 3.05) is 26.2 Å². The number of likely N-dealkylation sites (tertiary alicyclic amines) is 1. The second kappa shape index (κ2) is 7.99. The molecule has 0 aromatic heterocycles. The number of aliphatic hydroxyl groups excluding tert-OH is 1. The van der Waals surface area contributed by atoms with Crippen LogP contribution in [0.4, 0.5) is 0 Å². The molecule has 1 aliphatic rings. The molecule has 2 atom stereocenters. The van der Waals surface area contributed by atoms with E-state index >= 15 is 0 Å². The predicted octanol–water partition coefficient (Wildman–Crippen LogP) is 2.95. The topological polar surface area (TPSA) is 32.7 Å². The van der Waals surface area contributed by atoms with Gasteiger partial charge in [0.15, 0.2) is 0 Å². The first-order chi connectivity index (χ1) is 9.63. The van der Waals surface area contributed by atoms with Crippen molar-refractivity contribution < 1.29 is 9.84 Å². The van der Waals surface area contributed by atoms with Crippen LogP contribution in [0.15, 0.2) is 24.3 Å². The number of halogens is 1. The van der Waals surface area contributed by atoms with Crippen LogP contribution in [-0.4, -0.2) is 42.4 Å². The summed E-state index contributed by atoms with van der Waals surface area (Å²) in [5.41, 5.74) is 1.08. The highest BCUT2D eigenvalue weighted by molar-refractivity contribution is 6.30. The van der Waals surface area contributed by atoms with Crippen LogP contribution in [0, 0.1) is 5.92 Å². The zero-order valence-corrected chi connectivity index (χ0v) is 12.9. The number of hydrogen-bond acceptors (Lipinski definition) is 3. The van der Waals surface area contributed by atoms with Gasteiger partial charge in [0.2, 0.25) is 0 Å². The summed E-state index contributed by atoms with van der Waals surface area (Å²) in [5.74, 6) is 0.742. The minimum Gasteiger partial charge on any atom is -0.389 e. The van der Waals surface area contributed by atoms with Crippen LogP contribution in [-0.2, 0) is 11.3 Å². The first-order valence-electron chi connectivity index (χ1n) is 7.36. The molecule has 0 spiro atoms. The van der Waals surface area contributed by atoms with Crippen molar-refractivity contribution in [3.63, 3.8) is 0 Å². The molecule has 1 aromatic rings. The molecule has 1 fully saturated rings. The number of benzene rings is 1. The van der Waals surface area contributed by atoms with Crippen molar-refractivity contribution in [1.82, 2.24) is 4.90 Å². The summed E-state index contributed by atoms with van der Waals surface area (Å²) >= 11 is 5.83. The van der Waals surface area contributed by atoms with Gasteiger partial charge in [-0.1, -0.05) is 30.7 Å². The highest BCUT2D eigenvalue weighted by Gasteiger charge is 2.18. The monoisotopic (exact) mass is 297 g/mol. The number of β-amino-alcohol motifs (C(OH)–C–C–N with tert-alkyl or cyclic N) is 1. The molecule has 1 N–H and O–H groups in total. The number of piperidine rings is 1. The fourth-order valence-corrected chi connectivity index (χ4v) is 2.82. The Balaban J connectivity index is 1.64. The number of aliphatic hydroxyl groups is 1. The minimum absolute atomic E-state index is 0.382. The lowest BCUT2D eigenvalue weighted by Crippen LogP contribution is -2.40. The van der Waals surface area contributed by atoms with E-state index in [1.807, 2.05) is 24.3 Å². The van der Waals surface area contributed by atoms with Crippen LogP contribution in [0.1, 0.15) is 25.3 Å². The Morgan fingerprint density at radius 3 is 2.85 bits per heavy atom. The smallest absolute Gasteiger partial charge is 0.0900 e. The Morgan fingerprint density at radius 2 is 2.15 bits per heavy atom. The zero-order chi connectivity index (χ0) is 14.4. The van der Waals surface area contributed by atoms with E-state index in [0.717, 1.165) is 29.6 Å². The first-order valence-corrected chi connectivity index (χ1v) is 7.74. The Morgan fingerprint density at radius 1 is 1.40 bits per heavy atom. The Labute approximate surface area is 126 Å². The van der Waals surface area contributed by atoms with Gasteiger partial charge in [-0.05, 0) is 43.0 Å². The molecule has 1 saturated heterocycles. The lowest BCUT2D eigenvalue weighted by atomic mass is 10.0. The maximum Gasteiger partial charge on any atom is 0.0900 e. The van der Waals surface area contributed by atoms with E-state index < -0.39 is 6.10 Å². The Bertz CT molecular complexity index is 396. The summed E-state index contributed by atoms with van der Waals surface area (Å²) in [7, 11) is 0. The Kier molecular flexibility index (Phi) is 6.30. The first kappa shape index (κ1) is 15.8. The van der Waals surface area contributed by atoms with Crippen LogP contribution >= 0.6 is 11.6 Å². The van der Waals surface area contributed by atoms with Crippen molar-refractivity contribution in [1.29, 1.82) is 0 Å². The van der Waals surface area contributed by atoms with Gasteiger partial charge in [-0.3, -0.25) is 0 Å². The van der Waals surface area contributed by atoms with Gasteiger partial charge in [0.1, 0.15) is 0 Å². The van der Waals surface area contributed by atoms with E-state index in [2.05, 4.69) is 11.8 Å². The average Bonchev–Trinajstić information content (AvgIpc) is 2.41. The van der Waals surface area contributed by atoms with E-state index in [1.165, 1.54) is 12.8 Å². The third-order valence-electron chi connectivity index (χ3n) is 3.70. The minimum atomic E-state index is -0.410. The van der Waals surface area contributed by atoms with Crippen molar-refractivity contribution >= 4 is 11.6 Å². The van der Waals surface area contributed by atoms with Gasteiger partial charge in [-0.25, -0.2) is 0 Å². The van der Waals surface area contributed by atoms with Crippen molar-refractivity contribution in [2.24, 2.45) is 5.92 Å². The van der Waals surface area contributed by atoms with Gasteiger partial charge in [0, 0.05) is 18.1 Å². The molecule has 0 radical (unpaired) electrons. The molecular weight excluding hydrogens is 274 g/mol. The third-order valence-corrected chi connectivity index (χ3v) is 3.95. The lowest BCUT2D eigenvalue weighted by molar-refractivity contribution is 0.00377. The number of rotatable bonds is 6. The van der Waals surface area contributed by atoms with Crippen molar-refractivity contribution in [3.05, 3.63) is 34.9 Å². The maximum atomic E-state index is 10.0. The SMILES string of the molecule is C[C@@H]1CCCN(C[C@@H](O)COCc2ccc(Cl)cc2)C1. The van der Waals surface area contributed by atoms with Gasteiger partial charge >= 0.3 is 0 Å². The largest absolute Gasteiger partial charge is 0.389 e. The normalized spacial score (nSPS) is 21.9. The summed E-state index contributed by atoms with van der Waals surface area (Å²) in [4.78, 5) is 2.34. The summed E-state index contributed by atoms with van der Waals surface area (Å²) in [6, 6.07) is 7.60. The third kappa shape index (κ3) is 5.41. The van der Waals surface area contributed by atoms with E-state index in [1.54, 1.807) is 0 Å². The number of ether oxygens (including phenoxy) is 1. The standard InChI is InChI=1S/C16H24ClNO2/c1-13-3-2-8-18(9-13)10-16(19)12-20-11-14-4-6-15(17)7-5-14/h4-7,13,16,19H,2-3,8-12H2,1H3/t13-,16-/m1/s1. The average molecular weight is 298 g/mol. The van der Waals surface area contributed by atoms with Crippen LogP contribution in [0.5, 0.6) is 0 Å². The molecule has 0 aliphatic carbocycles. The van der Waals surface area contributed by atoms with Gasteiger partial charge in [-0.15, -0.1) is 0 Å². The summed E-state index contributed by atoms with van der Waals surface area (Å²) in [6.07, 6.45) is 2.13. The molecule has 0 saturated carbocycles. The maximum absolute atomic E-state index is 10.0. The zero-order valence-electron chi connectivity index (χ0n) is 12.1. The van der Waals surface area contributed by atoms with Crippen molar-refractivity contribution in [2.45, 2.75) is 32.5 Å².